The van der Waals surface area contributed by atoms with Gasteiger partial charge in [0.1, 0.15) is 0 Å². The fourth-order valence-electron chi connectivity index (χ4n) is 3.97. The summed E-state index contributed by atoms with van der Waals surface area (Å²) >= 11 is 0. The van der Waals surface area contributed by atoms with Gasteiger partial charge in [0.15, 0.2) is 0 Å². The first-order valence-corrected chi connectivity index (χ1v) is 14.1. The van der Waals surface area contributed by atoms with Gasteiger partial charge in [0, 0.05) is 18.9 Å². The quantitative estimate of drug-likeness (QED) is 0.141. The summed E-state index contributed by atoms with van der Waals surface area (Å²) in [5, 5.41) is 6.02. The Labute approximate surface area is 213 Å². The van der Waals surface area contributed by atoms with E-state index in [1.54, 1.807) is 0 Å². The van der Waals surface area contributed by atoms with E-state index in [9.17, 15) is 9.59 Å². The molecule has 1 aliphatic rings. The molecule has 202 valence electrons. The number of hydrogen-bond acceptors (Lipinski definition) is 3. The van der Waals surface area contributed by atoms with Gasteiger partial charge in [-0.3, -0.25) is 9.59 Å². The first kappa shape index (κ1) is 37.0. The van der Waals surface area contributed by atoms with Crippen LogP contribution in [0.25, 0.3) is 0 Å². The lowest BCUT2D eigenvalue weighted by Gasteiger charge is -2.28. The Hall–Kier alpha value is -1.54. The summed E-state index contributed by atoms with van der Waals surface area (Å²) in [6, 6.07) is 0.180. The molecule has 0 saturated heterocycles. The largest absolute Gasteiger partial charge is 0.353 e. The van der Waals surface area contributed by atoms with Gasteiger partial charge in [-0.15, -0.1) is 12.8 Å². The highest BCUT2D eigenvalue weighted by molar-refractivity contribution is 5.76. The molecule has 2 atom stereocenters. The molecule has 34 heavy (non-hydrogen) atoms. The van der Waals surface area contributed by atoms with Crippen LogP contribution < -0.4 is 16.4 Å². The molecule has 0 heterocycles. The average Bonchev–Trinajstić information content (AvgIpc) is 2.88. The molecule has 4 N–H and O–H groups in total. The van der Waals surface area contributed by atoms with Crippen molar-refractivity contribution >= 4 is 11.8 Å². The molecule has 1 saturated carbocycles. The van der Waals surface area contributed by atoms with Crippen LogP contribution in [-0.2, 0) is 9.59 Å². The first-order valence-electron chi connectivity index (χ1n) is 14.1. The summed E-state index contributed by atoms with van der Waals surface area (Å²) in [4.78, 5) is 23.5. The predicted octanol–water partition coefficient (Wildman–Crippen LogP) is 7.09. The number of carbonyl (C=O) groups excluding carboxylic acids is 2. The zero-order chi connectivity index (χ0) is 26.6. The van der Waals surface area contributed by atoms with Crippen LogP contribution in [0.3, 0.4) is 0 Å². The first-order chi connectivity index (χ1) is 16.5. The third-order valence-corrected chi connectivity index (χ3v) is 5.92. The summed E-state index contributed by atoms with van der Waals surface area (Å²) < 4.78 is 0. The third kappa shape index (κ3) is 25.1. The van der Waals surface area contributed by atoms with Crippen LogP contribution in [0, 0.1) is 18.8 Å². The van der Waals surface area contributed by atoms with Crippen LogP contribution in [0.1, 0.15) is 144 Å². The number of nitrogens with two attached hydrogens (primary N) is 1. The minimum atomic E-state index is -0.318. The highest BCUT2D eigenvalue weighted by Crippen LogP contribution is 2.28. The molecule has 0 aromatic rings. The van der Waals surface area contributed by atoms with Crippen LogP contribution in [0.4, 0.5) is 0 Å². The van der Waals surface area contributed by atoms with E-state index in [0.29, 0.717) is 19.3 Å². The molecular weight excluding hydrogens is 422 g/mol. The standard InChI is InChI=1S/C19H37N3O2.C6H14.C2H6.C2H2/c1-3-5-11-19(24)22-17(20)13-12-16(21-18(23)4-2)14-15-9-7-6-8-10-15;1-3-5-6-4-2;2*1-2/h15-17H,3-14,20H2,1-2H3,(H,21,23)(H,22,24);3-6H2,1-2H3;1-2H3;1-2H. The molecule has 0 aromatic heterocycles. The van der Waals surface area contributed by atoms with Crippen molar-refractivity contribution in [2.45, 2.75) is 156 Å². The van der Waals surface area contributed by atoms with E-state index >= 15 is 0 Å². The van der Waals surface area contributed by atoms with Gasteiger partial charge in [-0.05, 0) is 31.6 Å². The molecule has 5 nitrogen and oxygen atoms in total. The van der Waals surface area contributed by atoms with Crippen LogP contribution in [0.15, 0.2) is 0 Å². The van der Waals surface area contributed by atoms with Gasteiger partial charge < -0.3 is 16.4 Å². The Kier molecular flexibility index (Phi) is 32.1. The Bertz CT molecular complexity index is 456. The normalized spacial score (nSPS) is 14.5. The zero-order valence-electron chi connectivity index (χ0n) is 23.6. The fraction of sp³-hybridized carbons (Fsp3) is 0.862. The molecular formula is C29H59N3O2. The van der Waals surface area contributed by atoms with E-state index in [4.69, 9.17) is 5.73 Å². The highest BCUT2D eigenvalue weighted by Gasteiger charge is 2.21. The third-order valence-electron chi connectivity index (χ3n) is 5.92. The predicted molar refractivity (Wildman–Crippen MR) is 149 cm³/mol. The Morgan fingerprint density at radius 1 is 0.824 bits per heavy atom. The minimum Gasteiger partial charge on any atom is -0.353 e. The van der Waals surface area contributed by atoms with Crippen molar-refractivity contribution in [1.82, 2.24) is 10.6 Å². The molecule has 5 heteroatoms. The van der Waals surface area contributed by atoms with E-state index in [-0.39, 0.29) is 24.0 Å². The number of terminal acetylenes is 1. The number of nitrogens with one attached hydrogen (secondary N) is 2. The minimum absolute atomic E-state index is 0.0331. The van der Waals surface area contributed by atoms with Crippen molar-refractivity contribution in [3.63, 3.8) is 0 Å². The molecule has 0 radical (unpaired) electrons. The van der Waals surface area contributed by atoms with Gasteiger partial charge in [0.2, 0.25) is 11.8 Å². The van der Waals surface area contributed by atoms with E-state index in [1.807, 2.05) is 20.8 Å². The maximum atomic E-state index is 11.8. The van der Waals surface area contributed by atoms with E-state index in [1.165, 1.54) is 57.8 Å². The van der Waals surface area contributed by atoms with Gasteiger partial charge in [0.25, 0.3) is 0 Å². The van der Waals surface area contributed by atoms with Crippen molar-refractivity contribution in [3.8, 4) is 12.8 Å². The molecule has 2 unspecified atom stereocenters. The number of rotatable bonds is 14. The highest BCUT2D eigenvalue weighted by atomic mass is 16.2. The molecule has 1 aliphatic carbocycles. The summed E-state index contributed by atoms with van der Waals surface area (Å²) in [6.45, 7) is 12.4. The molecule has 0 spiro atoms. The van der Waals surface area contributed by atoms with Crippen LogP contribution in [-0.4, -0.2) is 24.0 Å². The van der Waals surface area contributed by atoms with Crippen LogP contribution >= 0.6 is 0 Å². The molecule has 1 rings (SSSR count). The topological polar surface area (TPSA) is 84.2 Å². The van der Waals surface area contributed by atoms with Gasteiger partial charge in [-0.2, -0.15) is 0 Å². The fourth-order valence-corrected chi connectivity index (χ4v) is 3.97. The number of carbonyl (C=O) groups is 2. The van der Waals surface area contributed by atoms with E-state index in [2.05, 4.69) is 44.3 Å². The lowest BCUT2D eigenvalue weighted by molar-refractivity contribution is -0.123. The zero-order valence-corrected chi connectivity index (χ0v) is 23.6. The maximum Gasteiger partial charge on any atom is 0.221 e. The molecule has 0 aromatic carbocycles. The monoisotopic (exact) mass is 481 g/mol. The smallest absolute Gasteiger partial charge is 0.221 e. The van der Waals surface area contributed by atoms with Gasteiger partial charge in [-0.25, -0.2) is 0 Å². The Morgan fingerprint density at radius 2 is 1.35 bits per heavy atom. The number of unbranched alkanes of at least 4 members (excludes halogenated alkanes) is 4. The van der Waals surface area contributed by atoms with E-state index in [0.717, 1.165) is 31.6 Å². The van der Waals surface area contributed by atoms with Crippen molar-refractivity contribution < 1.29 is 9.59 Å². The second kappa shape index (κ2) is 29.5. The lowest BCUT2D eigenvalue weighted by atomic mass is 9.84. The van der Waals surface area contributed by atoms with Gasteiger partial charge >= 0.3 is 0 Å². The van der Waals surface area contributed by atoms with Crippen LogP contribution in [0.2, 0.25) is 0 Å². The van der Waals surface area contributed by atoms with Crippen molar-refractivity contribution in [2.24, 2.45) is 11.7 Å². The van der Waals surface area contributed by atoms with Gasteiger partial charge in [0.05, 0.1) is 6.17 Å². The summed E-state index contributed by atoms with van der Waals surface area (Å²) in [5.41, 5.74) is 6.05. The summed E-state index contributed by atoms with van der Waals surface area (Å²) in [6.07, 6.45) is 25.3. The molecule has 1 fully saturated rings. The maximum absolute atomic E-state index is 11.8. The second-order valence-corrected chi connectivity index (χ2v) is 8.92. The van der Waals surface area contributed by atoms with Crippen molar-refractivity contribution in [1.29, 1.82) is 0 Å². The second-order valence-electron chi connectivity index (χ2n) is 8.92. The van der Waals surface area contributed by atoms with Crippen LogP contribution in [0.5, 0.6) is 0 Å². The lowest BCUT2D eigenvalue weighted by Crippen LogP contribution is -2.43. The Morgan fingerprint density at radius 3 is 1.82 bits per heavy atom. The van der Waals surface area contributed by atoms with Crippen molar-refractivity contribution in [3.05, 3.63) is 0 Å². The Balaban J connectivity index is -0.000000819. The van der Waals surface area contributed by atoms with E-state index < -0.39 is 0 Å². The number of amides is 2. The molecule has 2 amide bonds. The number of hydrogen-bond donors (Lipinski definition) is 3. The summed E-state index contributed by atoms with van der Waals surface area (Å²) in [5.74, 6) is 0.860. The molecule has 0 bridgehead atoms. The SMILES string of the molecule is C#C.CC.CCCCC(=O)NC(N)CCC(CC1CCCCC1)NC(=O)CC.CCCCCC. The van der Waals surface area contributed by atoms with Gasteiger partial charge in [-0.1, -0.05) is 106 Å². The van der Waals surface area contributed by atoms with Crippen molar-refractivity contribution in [2.75, 3.05) is 0 Å². The average molecular weight is 482 g/mol. The molecule has 0 aliphatic heterocycles. The summed E-state index contributed by atoms with van der Waals surface area (Å²) in [7, 11) is 0.